The molecule has 72 valence electrons. The van der Waals surface area contributed by atoms with Gasteiger partial charge in [-0.3, -0.25) is 0 Å². The number of hydrogen-bond donors (Lipinski definition) is 0. The zero-order valence-corrected chi connectivity index (χ0v) is 9.28. The highest BCUT2D eigenvalue weighted by Crippen LogP contribution is 2.27. The van der Waals surface area contributed by atoms with E-state index in [-0.39, 0.29) is 11.2 Å². The van der Waals surface area contributed by atoms with Crippen molar-refractivity contribution in [1.29, 1.82) is 0 Å². The smallest absolute Gasteiger partial charge is 0.130 e. The summed E-state index contributed by atoms with van der Waals surface area (Å²) in [6, 6.07) is 4.19. The van der Waals surface area contributed by atoms with Gasteiger partial charge in [-0.15, -0.1) is 11.3 Å². The lowest BCUT2D eigenvalue weighted by Crippen LogP contribution is -2.17. The van der Waals surface area contributed by atoms with Gasteiger partial charge in [0.1, 0.15) is 5.78 Å². The SMILES string of the molecule is CC(=O)CC(C)(C)Cc1cccs1. The van der Waals surface area contributed by atoms with Crippen LogP contribution in [0.15, 0.2) is 17.5 Å². The van der Waals surface area contributed by atoms with Gasteiger partial charge in [0.15, 0.2) is 0 Å². The summed E-state index contributed by atoms with van der Waals surface area (Å²) < 4.78 is 0. The molecule has 1 aromatic rings. The first-order chi connectivity index (χ1) is 5.99. The number of ketones is 1. The molecule has 0 N–H and O–H groups in total. The van der Waals surface area contributed by atoms with Crippen LogP contribution in [0.25, 0.3) is 0 Å². The van der Waals surface area contributed by atoms with Gasteiger partial charge in [0.2, 0.25) is 0 Å². The Morgan fingerprint density at radius 1 is 1.54 bits per heavy atom. The first-order valence-corrected chi connectivity index (χ1v) is 5.39. The van der Waals surface area contributed by atoms with E-state index in [0.717, 1.165) is 6.42 Å². The van der Waals surface area contributed by atoms with E-state index in [2.05, 4.69) is 31.4 Å². The quantitative estimate of drug-likeness (QED) is 0.722. The third-order valence-electron chi connectivity index (χ3n) is 1.96. The highest BCUT2D eigenvalue weighted by Gasteiger charge is 2.20. The maximum Gasteiger partial charge on any atom is 0.130 e. The van der Waals surface area contributed by atoms with Crippen molar-refractivity contribution < 1.29 is 4.79 Å². The zero-order chi connectivity index (χ0) is 9.90. The summed E-state index contributed by atoms with van der Waals surface area (Å²) in [5, 5.41) is 2.08. The summed E-state index contributed by atoms with van der Waals surface area (Å²) in [6.45, 7) is 5.96. The largest absolute Gasteiger partial charge is 0.300 e. The van der Waals surface area contributed by atoms with Crippen LogP contribution in [-0.2, 0) is 11.2 Å². The van der Waals surface area contributed by atoms with Gasteiger partial charge in [-0.25, -0.2) is 0 Å². The molecule has 1 rings (SSSR count). The van der Waals surface area contributed by atoms with Gasteiger partial charge in [0.05, 0.1) is 0 Å². The fraction of sp³-hybridized carbons (Fsp3) is 0.545. The van der Waals surface area contributed by atoms with Crippen molar-refractivity contribution in [2.45, 2.75) is 33.6 Å². The molecule has 0 atom stereocenters. The lowest BCUT2D eigenvalue weighted by Gasteiger charge is -2.22. The normalized spacial score (nSPS) is 11.6. The summed E-state index contributed by atoms with van der Waals surface area (Å²) in [5.74, 6) is 0.279. The highest BCUT2D eigenvalue weighted by molar-refractivity contribution is 7.09. The first-order valence-electron chi connectivity index (χ1n) is 4.51. The average Bonchev–Trinajstić information content (AvgIpc) is 2.34. The van der Waals surface area contributed by atoms with E-state index in [9.17, 15) is 4.79 Å². The van der Waals surface area contributed by atoms with Gasteiger partial charge in [0.25, 0.3) is 0 Å². The molecule has 0 aliphatic carbocycles. The van der Waals surface area contributed by atoms with Crippen LogP contribution >= 0.6 is 11.3 Å². The first kappa shape index (κ1) is 10.5. The lowest BCUT2D eigenvalue weighted by molar-refractivity contribution is -0.118. The van der Waals surface area contributed by atoms with Gasteiger partial charge in [-0.1, -0.05) is 19.9 Å². The van der Waals surface area contributed by atoms with E-state index in [4.69, 9.17) is 0 Å². The predicted molar refractivity (Wildman–Crippen MR) is 57.1 cm³/mol. The minimum atomic E-state index is 0.108. The van der Waals surface area contributed by atoms with Crippen LogP contribution in [0.4, 0.5) is 0 Å². The predicted octanol–water partition coefficient (Wildman–Crippen LogP) is 3.30. The molecule has 13 heavy (non-hydrogen) atoms. The summed E-state index contributed by atoms with van der Waals surface area (Å²) in [4.78, 5) is 12.4. The molecule has 0 aliphatic heterocycles. The van der Waals surface area contributed by atoms with E-state index < -0.39 is 0 Å². The second kappa shape index (κ2) is 4.05. The third-order valence-corrected chi connectivity index (χ3v) is 2.84. The van der Waals surface area contributed by atoms with E-state index in [0.29, 0.717) is 6.42 Å². The molecule has 0 aromatic carbocycles. The van der Waals surface area contributed by atoms with Crippen LogP contribution < -0.4 is 0 Å². The average molecular weight is 196 g/mol. The Kier molecular flexibility index (Phi) is 3.26. The molecule has 0 saturated heterocycles. The lowest BCUT2D eigenvalue weighted by atomic mass is 9.84. The summed E-state index contributed by atoms with van der Waals surface area (Å²) >= 11 is 1.77. The molecular weight excluding hydrogens is 180 g/mol. The molecular formula is C11H16OS. The number of rotatable bonds is 4. The third kappa shape index (κ3) is 3.73. The van der Waals surface area contributed by atoms with E-state index in [1.807, 2.05) is 0 Å². The van der Waals surface area contributed by atoms with Crippen LogP contribution in [0.3, 0.4) is 0 Å². The van der Waals surface area contributed by atoms with Crippen LogP contribution in [0.1, 0.15) is 32.1 Å². The standard InChI is InChI=1S/C11H16OS/c1-9(12)7-11(2,3)8-10-5-4-6-13-10/h4-6H,7-8H2,1-3H3. The van der Waals surface area contributed by atoms with Crippen LogP contribution in [0, 0.1) is 5.41 Å². The molecule has 0 fully saturated rings. The Morgan fingerprint density at radius 2 is 2.23 bits per heavy atom. The maximum atomic E-state index is 11.0. The molecule has 0 saturated carbocycles. The van der Waals surface area contributed by atoms with Gasteiger partial charge in [0, 0.05) is 11.3 Å². The topological polar surface area (TPSA) is 17.1 Å². The fourth-order valence-electron chi connectivity index (χ4n) is 1.62. The van der Waals surface area contributed by atoms with E-state index >= 15 is 0 Å². The van der Waals surface area contributed by atoms with Gasteiger partial charge >= 0.3 is 0 Å². The number of Topliss-reactive ketones (excluding diaryl/α,β-unsaturated/α-hetero) is 1. The van der Waals surface area contributed by atoms with Crippen molar-refractivity contribution in [1.82, 2.24) is 0 Å². The zero-order valence-electron chi connectivity index (χ0n) is 8.46. The second-order valence-corrected chi connectivity index (χ2v) is 5.33. The summed E-state index contributed by atoms with van der Waals surface area (Å²) in [5.41, 5.74) is 0.108. The van der Waals surface area contributed by atoms with Crippen molar-refractivity contribution >= 4 is 17.1 Å². The minimum absolute atomic E-state index is 0.108. The van der Waals surface area contributed by atoms with Crippen LogP contribution in [-0.4, -0.2) is 5.78 Å². The summed E-state index contributed by atoms with van der Waals surface area (Å²) in [6.07, 6.45) is 1.68. The Bertz CT molecular complexity index is 272. The van der Waals surface area contributed by atoms with Gasteiger partial charge in [-0.2, -0.15) is 0 Å². The van der Waals surface area contributed by atoms with Gasteiger partial charge < -0.3 is 4.79 Å². The number of hydrogen-bond acceptors (Lipinski definition) is 2. The Labute approximate surface area is 83.8 Å². The summed E-state index contributed by atoms with van der Waals surface area (Å²) in [7, 11) is 0. The molecule has 0 aliphatic rings. The van der Waals surface area contributed by atoms with E-state index in [1.54, 1.807) is 18.3 Å². The number of thiophene rings is 1. The van der Waals surface area contributed by atoms with Crippen molar-refractivity contribution in [2.75, 3.05) is 0 Å². The number of carbonyl (C=O) groups excluding carboxylic acids is 1. The minimum Gasteiger partial charge on any atom is -0.300 e. The van der Waals surface area contributed by atoms with Crippen molar-refractivity contribution in [3.8, 4) is 0 Å². The Morgan fingerprint density at radius 3 is 2.69 bits per heavy atom. The highest BCUT2D eigenvalue weighted by atomic mass is 32.1. The molecule has 0 amide bonds. The second-order valence-electron chi connectivity index (χ2n) is 4.30. The Balaban J connectivity index is 2.56. The monoisotopic (exact) mass is 196 g/mol. The maximum absolute atomic E-state index is 11.0. The van der Waals surface area contributed by atoms with Gasteiger partial charge in [-0.05, 0) is 30.2 Å². The molecule has 0 spiro atoms. The molecule has 0 bridgehead atoms. The van der Waals surface area contributed by atoms with Crippen molar-refractivity contribution in [2.24, 2.45) is 5.41 Å². The molecule has 0 radical (unpaired) electrons. The Hall–Kier alpha value is -0.630. The molecule has 0 unspecified atom stereocenters. The van der Waals surface area contributed by atoms with Crippen molar-refractivity contribution in [3.63, 3.8) is 0 Å². The molecule has 1 aromatic heterocycles. The fourth-order valence-corrected chi connectivity index (χ4v) is 2.58. The van der Waals surface area contributed by atoms with E-state index in [1.165, 1.54) is 4.88 Å². The molecule has 1 nitrogen and oxygen atoms in total. The van der Waals surface area contributed by atoms with Crippen LogP contribution in [0.5, 0.6) is 0 Å². The van der Waals surface area contributed by atoms with Crippen molar-refractivity contribution in [3.05, 3.63) is 22.4 Å². The molecule has 2 heteroatoms. The molecule has 1 heterocycles. The van der Waals surface area contributed by atoms with Crippen LogP contribution in [0.2, 0.25) is 0 Å². The number of carbonyl (C=O) groups is 1.